The summed E-state index contributed by atoms with van der Waals surface area (Å²) in [4.78, 5) is 18.7. The van der Waals surface area contributed by atoms with Crippen LogP contribution in [0.3, 0.4) is 0 Å². The predicted octanol–water partition coefficient (Wildman–Crippen LogP) is 3.50. The minimum atomic E-state index is -1.13. The Morgan fingerprint density at radius 1 is 1.03 bits per heavy atom. The van der Waals surface area contributed by atoms with Gasteiger partial charge in [-0.25, -0.2) is 13.5 Å². The third-order valence-corrected chi connectivity index (χ3v) is 6.92. The molecular formula is C25H31N5O2S. The van der Waals surface area contributed by atoms with Crippen LogP contribution < -0.4 is 11.1 Å². The van der Waals surface area contributed by atoms with Crippen molar-refractivity contribution in [3.05, 3.63) is 78.0 Å². The minimum absolute atomic E-state index is 0.452. The fourth-order valence-corrected chi connectivity index (χ4v) is 4.58. The summed E-state index contributed by atoms with van der Waals surface area (Å²) in [5, 5.41) is 3.18. The summed E-state index contributed by atoms with van der Waals surface area (Å²) in [6.45, 7) is 7.34. The highest BCUT2D eigenvalue weighted by Crippen LogP contribution is 2.20. The molecule has 8 heteroatoms. The second kappa shape index (κ2) is 11.7. The number of benzene rings is 2. The average Bonchev–Trinajstić information content (AvgIpc) is 2.82. The van der Waals surface area contributed by atoms with Gasteiger partial charge in [0, 0.05) is 43.6 Å². The van der Waals surface area contributed by atoms with E-state index in [1.807, 2.05) is 54.6 Å². The predicted molar refractivity (Wildman–Crippen MR) is 136 cm³/mol. The van der Waals surface area contributed by atoms with E-state index in [0.717, 1.165) is 47.9 Å². The Bertz CT molecular complexity index is 1070. The van der Waals surface area contributed by atoms with Crippen molar-refractivity contribution in [3.63, 3.8) is 0 Å². The molecule has 1 saturated heterocycles. The first-order valence-corrected chi connectivity index (χ1v) is 12.0. The zero-order valence-electron chi connectivity index (χ0n) is 19.3. The Hall–Kier alpha value is -3.07. The number of rotatable bonds is 7. The first-order valence-electron chi connectivity index (χ1n) is 10.9. The zero-order valence-corrected chi connectivity index (χ0v) is 20.1. The van der Waals surface area contributed by atoms with E-state index in [0.29, 0.717) is 11.4 Å². The van der Waals surface area contributed by atoms with Crippen LogP contribution in [0, 0.1) is 0 Å². The maximum absolute atomic E-state index is 12.8. The quantitative estimate of drug-likeness (QED) is 0.372. The first kappa shape index (κ1) is 24.6. The molecule has 1 amide bonds. The molecule has 1 aliphatic heterocycles. The number of hydrogen-bond donors (Lipinski definition) is 2. The van der Waals surface area contributed by atoms with Crippen LogP contribution in [0.5, 0.6) is 0 Å². The van der Waals surface area contributed by atoms with E-state index in [-0.39, 0.29) is 0 Å². The number of carbonyl (C=O) groups excluding carboxylic acids is 1. The van der Waals surface area contributed by atoms with Gasteiger partial charge in [0.25, 0.3) is 0 Å². The Kier molecular flexibility index (Phi) is 8.71. The molecule has 0 spiro atoms. The van der Waals surface area contributed by atoms with E-state index in [1.54, 1.807) is 30.5 Å². The van der Waals surface area contributed by atoms with E-state index < -0.39 is 16.9 Å². The van der Waals surface area contributed by atoms with Crippen LogP contribution in [0.15, 0.2) is 76.8 Å². The molecule has 0 aliphatic carbocycles. The highest BCUT2D eigenvalue weighted by atomic mass is 32.2. The van der Waals surface area contributed by atoms with Gasteiger partial charge in [-0.2, -0.15) is 0 Å². The summed E-state index contributed by atoms with van der Waals surface area (Å²) in [5.74, 6) is 0.263. The van der Waals surface area contributed by atoms with Gasteiger partial charge in [-0.05, 0) is 74.5 Å². The number of primary amides is 1. The lowest BCUT2D eigenvalue weighted by molar-refractivity contribution is 0.100. The van der Waals surface area contributed by atoms with Crippen molar-refractivity contribution in [2.24, 2.45) is 10.7 Å². The Labute approximate surface area is 198 Å². The van der Waals surface area contributed by atoms with E-state index in [9.17, 15) is 9.00 Å². The molecule has 0 bridgehead atoms. The SMILES string of the molecule is CC=C(/C=C\N=C(C)Nc1ccc(C(N)=O)cc1)c1ccc(S(=O)N2CCN(C)CC2)cc1. The van der Waals surface area contributed by atoms with Crippen LogP contribution in [-0.2, 0) is 11.0 Å². The number of nitrogens with zero attached hydrogens (tertiary/aromatic N) is 3. The van der Waals surface area contributed by atoms with Crippen molar-refractivity contribution in [2.75, 3.05) is 38.5 Å². The lowest BCUT2D eigenvalue weighted by Gasteiger charge is -2.31. The van der Waals surface area contributed by atoms with Gasteiger partial charge in [-0.1, -0.05) is 18.2 Å². The van der Waals surface area contributed by atoms with Crippen molar-refractivity contribution < 1.29 is 9.00 Å². The standard InChI is InChI=1S/C25H31N5O2S/c1-4-20(13-14-27-19(2)28-23-9-5-22(6-10-23)25(26)31)21-7-11-24(12-8-21)33(32)30-17-15-29(3)16-18-30/h4-14H,15-18H2,1-3H3,(H2,26,31)(H,27,28)/b14-13-,20-4?. The molecule has 1 fully saturated rings. The monoisotopic (exact) mass is 465 g/mol. The Morgan fingerprint density at radius 3 is 2.21 bits per heavy atom. The highest BCUT2D eigenvalue weighted by Gasteiger charge is 2.20. The van der Waals surface area contributed by atoms with E-state index in [2.05, 4.69) is 22.3 Å². The molecule has 1 unspecified atom stereocenters. The summed E-state index contributed by atoms with van der Waals surface area (Å²) in [7, 11) is 0.959. The summed E-state index contributed by atoms with van der Waals surface area (Å²) in [5.41, 5.74) is 8.61. The largest absolute Gasteiger partial charge is 0.366 e. The molecule has 1 atom stereocenters. The molecular weight excluding hydrogens is 434 g/mol. The average molecular weight is 466 g/mol. The fourth-order valence-electron chi connectivity index (χ4n) is 3.41. The highest BCUT2D eigenvalue weighted by molar-refractivity contribution is 7.82. The number of anilines is 1. The number of allylic oxidation sites excluding steroid dienone is 3. The number of nitrogens with one attached hydrogen (secondary N) is 1. The van der Waals surface area contributed by atoms with Crippen LogP contribution >= 0.6 is 0 Å². The molecule has 3 N–H and O–H groups in total. The summed E-state index contributed by atoms with van der Waals surface area (Å²) >= 11 is 0. The number of carbonyl (C=O) groups is 1. The number of piperazine rings is 1. The normalized spacial score (nSPS) is 17.3. The van der Waals surface area contributed by atoms with Gasteiger partial charge in [0.15, 0.2) is 0 Å². The summed E-state index contributed by atoms with van der Waals surface area (Å²) in [6, 6.07) is 14.8. The minimum Gasteiger partial charge on any atom is -0.366 e. The number of aliphatic imine (C=N–C) groups is 1. The third-order valence-electron chi connectivity index (χ3n) is 5.41. The Morgan fingerprint density at radius 2 is 1.64 bits per heavy atom. The number of amidine groups is 1. The van der Waals surface area contributed by atoms with Gasteiger partial charge in [-0.15, -0.1) is 0 Å². The van der Waals surface area contributed by atoms with Crippen LogP contribution in [0.25, 0.3) is 5.57 Å². The van der Waals surface area contributed by atoms with Crippen molar-refractivity contribution in [2.45, 2.75) is 18.7 Å². The summed E-state index contributed by atoms with van der Waals surface area (Å²) in [6.07, 6.45) is 5.70. The van der Waals surface area contributed by atoms with E-state index in [1.165, 1.54) is 0 Å². The number of nitrogens with two attached hydrogens (primary N) is 1. The third kappa shape index (κ3) is 6.95. The molecule has 2 aromatic carbocycles. The molecule has 3 rings (SSSR count). The molecule has 33 heavy (non-hydrogen) atoms. The first-order chi connectivity index (χ1) is 15.9. The topological polar surface area (TPSA) is 91.0 Å². The number of hydrogen-bond acceptors (Lipinski definition) is 4. The lowest BCUT2D eigenvalue weighted by Crippen LogP contribution is -2.45. The zero-order chi connectivity index (χ0) is 23.8. The fraction of sp³-hybridized carbons (Fsp3) is 0.280. The Balaban J connectivity index is 1.60. The van der Waals surface area contributed by atoms with Crippen LogP contribution in [0.2, 0.25) is 0 Å². The van der Waals surface area contributed by atoms with Crippen molar-refractivity contribution in [1.29, 1.82) is 0 Å². The van der Waals surface area contributed by atoms with Crippen LogP contribution in [0.4, 0.5) is 5.69 Å². The van der Waals surface area contributed by atoms with Crippen molar-refractivity contribution in [3.8, 4) is 0 Å². The lowest BCUT2D eigenvalue weighted by atomic mass is 10.1. The van der Waals surface area contributed by atoms with Crippen LogP contribution in [-0.4, -0.2) is 58.4 Å². The molecule has 2 aromatic rings. The van der Waals surface area contributed by atoms with Crippen molar-refractivity contribution in [1.82, 2.24) is 9.21 Å². The smallest absolute Gasteiger partial charge is 0.248 e. The maximum Gasteiger partial charge on any atom is 0.248 e. The molecule has 7 nitrogen and oxygen atoms in total. The molecule has 0 aromatic heterocycles. The molecule has 1 aliphatic rings. The number of likely N-dealkylation sites (N-methyl/N-ethyl adjacent to an activating group) is 1. The van der Waals surface area contributed by atoms with Gasteiger partial charge in [0.05, 0.1) is 4.90 Å². The van der Waals surface area contributed by atoms with Crippen molar-refractivity contribution >= 4 is 34.0 Å². The molecule has 1 heterocycles. The van der Waals surface area contributed by atoms with Gasteiger partial charge in [-0.3, -0.25) is 4.79 Å². The number of amides is 1. The van der Waals surface area contributed by atoms with E-state index >= 15 is 0 Å². The van der Waals surface area contributed by atoms with Gasteiger partial charge < -0.3 is 16.0 Å². The van der Waals surface area contributed by atoms with Gasteiger partial charge in [0.1, 0.15) is 16.8 Å². The maximum atomic E-state index is 12.8. The molecule has 174 valence electrons. The van der Waals surface area contributed by atoms with Gasteiger partial charge >= 0.3 is 0 Å². The second-order valence-electron chi connectivity index (χ2n) is 7.85. The molecule has 0 radical (unpaired) electrons. The molecule has 0 saturated carbocycles. The van der Waals surface area contributed by atoms with Crippen LogP contribution in [0.1, 0.15) is 29.8 Å². The van der Waals surface area contributed by atoms with E-state index in [4.69, 9.17) is 5.73 Å². The second-order valence-corrected chi connectivity index (χ2v) is 9.33. The van der Waals surface area contributed by atoms with Gasteiger partial charge in [0.2, 0.25) is 5.91 Å². The summed E-state index contributed by atoms with van der Waals surface area (Å²) < 4.78 is 14.9.